The molecule has 1 aromatic heterocycles. The molecule has 2 aromatic rings. The van der Waals surface area contributed by atoms with Crippen LogP contribution in [-0.4, -0.2) is 22.1 Å². The number of aliphatic carboxylic acids is 1. The lowest BCUT2D eigenvalue weighted by atomic mass is 10.3. The highest BCUT2D eigenvalue weighted by Crippen LogP contribution is 2.14. The fourth-order valence-electron chi connectivity index (χ4n) is 1.32. The van der Waals surface area contributed by atoms with Crippen molar-refractivity contribution >= 4 is 17.1 Å². The zero-order valence-corrected chi connectivity index (χ0v) is 8.80. The maximum Gasteiger partial charge on any atom is 0.320 e. The number of fused-ring (bicyclic) bond motifs is 1. The first-order chi connectivity index (χ1) is 7.66. The lowest BCUT2D eigenvalue weighted by Gasteiger charge is -2.05. The topological polar surface area (TPSA) is 75.4 Å². The Kier molecular flexibility index (Phi) is 2.87. The van der Waals surface area contributed by atoms with Crippen molar-refractivity contribution in [2.24, 2.45) is 0 Å². The molecule has 0 spiro atoms. The average Bonchev–Trinajstić information content (AvgIpc) is 2.68. The number of rotatable bonds is 4. The molecule has 2 rings (SSSR count). The van der Waals surface area contributed by atoms with Crippen molar-refractivity contribution in [1.29, 1.82) is 0 Å². The highest BCUT2D eigenvalue weighted by atomic mass is 16.4. The number of benzene rings is 1. The Bertz CT molecular complexity index is 474. The molecule has 0 fully saturated rings. The van der Waals surface area contributed by atoms with E-state index in [9.17, 15) is 4.79 Å². The molecule has 0 bridgehead atoms. The summed E-state index contributed by atoms with van der Waals surface area (Å²) in [5.41, 5.74) is 1.49. The van der Waals surface area contributed by atoms with Gasteiger partial charge in [0, 0.05) is 0 Å². The van der Waals surface area contributed by atoms with E-state index >= 15 is 0 Å². The molecule has 0 radical (unpaired) electrons. The fourth-order valence-corrected chi connectivity index (χ4v) is 1.32. The summed E-state index contributed by atoms with van der Waals surface area (Å²) in [6.45, 7) is 1.88. The van der Waals surface area contributed by atoms with E-state index in [2.05, 4.69) is 10.3 Å². The number of carbonyl (C=O) groups is 1. The predicted molar refractivity (Wildman–Crippen MR) is 57.9 cm³/mol. The Balaban J connectivity index is 2.07. The summed E-state index contributed by atoms with van der Waals surface area (Å²) < 4.78 is 5.43. The molecule has 0 saturated heterocycles. The average molecular weight is 220 g/mol. The van der Waals surface area contributed by atoms with Crippen LogP contribution in [0.2, 0.25) is 0 Å². The number of carboxylic acids is 1. The third-order valence-corrected chi connectivity index (χ3v) is 2.27. The molecular formula is C11H12N2O3. The van der Waals surface area contributed by atoms with E-state index in [0.29, 0.717) is 18.0 Å². The summed E-state index contributed by atoms with van der Waals surface area (Å²) in [6, 6.07) is 6.80. The summed E-state index contributed by atoms with van der Waals surface area (Å²) in [6.07, 6.45) is 0. The molecule has 1 unspecified atom stereocenters. The second kappa shape index (κ2) is 4.32. The lowest BCUT2D eigenvalue weighted by Crippen LogP contribution is -2.33. The van der Waals surface area contributed by atoms with Crippen LogP contribution in [0.15, 0.2) is 28.7 Å². The number of nitrogens with zero attached hydrogens (tertiary/aromatic N) is 1. The molecule has 0 aliphatic rings. The molecule has 1 aromatic carbocycles. The fraction of sp³-hybridized carbons (Fsp3) is 0.273. The normalized spacial score (nSPS) is 12.8. The van der Waals surface area contributed by atoms with E-state index in [1.165, 1.54) is 0 Å². The molecule has 0 aliphatic heterocycles. The van der Waals surface area contributed by atoms with Gasteiger partial charge in [0.2, 0.25) is 5.89 Å². The van der Waals surface area contributed by atoms with E-state index in [0.717, 1.165) is 5.52 Å². The third-order valence-electron chi connectivity index (χ3n) is 2.27. The number of para-hydroxylation sites is 2. The van der Waals surface area contributed by atoms with Crippen LogP contribution in [0.3, 0.4) is 0 Å². The molecule has 84 valence electrons. The van der Waals surface area contributed by atoms with Crippen molar-refractivity contribution in [2.75, 3.05) is 0 Å². The van der Waals surface area contributed by atoms with Crippen LogP contribution >= 0.6 is 0 Å². The van der Waals surface area contributed by atoms with Crippen LogP contribution < -0.4 is 5.32 Å². The largest absolute Gasteiger partial charge is 0.480 e. The minimum Gasteiger partial charge on any atom is -0.480 e. The number of oxazole rings is 1. The maximum absolute atomic E-state index is 10.6. The second-order valence-corrected chi connectivity index (χ2v) is 3.52. The van der Waals surface area contributed by atoms with Crippen molar-refractivity contribution < 1.29 is 14.3 Å². The summed E-state index contributed by atoms with van der Waals surface area (Å²) in [4.78, 5) is 14.8. The van der Waals surface area contributed by atoms with Crippen LogP contribution in [0.25, 0.3) is 11.1 Å². The van der Waals surface area contributed by atoms with Crippen molar-refractivity contribution in [3.05, 3.63) is 30.2 Å². The van der Waals surface area contributed by atoms with Crippen LogP contribution in [-0.2, 0) is 11.3 Å². The molecule has 5 nitrogen and oxygen atoms in total. The Morgan fingerprint density at radius 3 is 3.00 bits per heavy atom. The van der Waals surface area contributed by atoms with Gasteiger partial charge in [-0.25, -0.2) is 4.98 Å². The van der Waals surface area contributed by atoms with Gasteiger partial charge >= 0.3 is 5.97 Å². The molecule has 5 heteroatoms. The van der Waals surface area contributed by atoms with Gasteiger partial charge in [-0.15, -0.1) is 0 Å². The first-order valence-corrected chi connectivity index (χ1v) is 4.97. The molecule has 0 saturated carbocycles. The Labute approximate surface area is 92.1 Å². The van der Waals surface area contributed by atoms with E-state index in [1.54, 1.807) is 6.92 Å². The molecule has 1 atom stereocenters. The third kappa shape index (κ3) is 2.20. The minimum atomic E-state index is -0.892. The Hall–Kier alpha value is -1.88. The Morgan fingerprint density at radius 2 is 2.31 bits per heavy atom. The number of carboxylic acid groups (broad SMARTS) is 1. The van der Waals surface area contributed by atoms with Gasteiger partial charge in [0.15, 0.2) is 5.58 Å². The van der Waals surface area contributed by atoms with Crippen molar-refractivity contribution in [3.8, 4) is 0 Å². The van der Waals surface area contributed by atoms with Crippen LogP contribution in [0.1, 0.15) is 12.8 Å². The first-order valence-electron chi connectivity index (χ1n) is 4.97. The minimum absolute atomic E-state index is 0.308. The summed E-state index contributed by atoms with van der Waals surface area (Å²) in [5, 5.41) is 11.5. The highest BCUT2D eigenvalue weighted by Gasteiger charge is 2.11. The highest BCUT2D eigenvalue weighted by molar-refractivity contribution is 5.73. The van der Waals surface area contributed by atoms with Gasteiger partial charge in [-0.1, -0.05) is 12.1 Å². The zero-order valence-electron chi connectivity index (χ0n) is 8.80. The summed E-state index contributed by atoms with van der Waals surface area (Å²) >= 11 is 0. The standard InChI is InChI=1S/C11H12N2O3/c1-7(11(14)15)12-6-10-13-8-4-2-3-5-9(8)16-10/h2-5,7,12H,6H2,1H3,(H,14,15). The maximum atomic E-state index is 10.6. The lowest BCUT2D eigenvalue weighted by molar-refractivity contribution is -0.139. The first kappa shape index (κ1) is 10.6. The smallest absolute Gasteiger partial charge is 0.320 e. The van der Waals surface area contributed by atoms with Crippen molar-refractivity contribution in [1.82, 2.24) is 10.3 Å². The number of hydrogen-bond donors (Lipinski definition) is 2. The zero-order chi connectivity index (χ0) is 11.5. The summed E-state index contributed by atoms with van der Waals surface area (Å²) in [5.74, 6) is -0.398. The molecule has 16 heavy (non-hydrogen) atoms. The monoisotopic (exact) mass is 220 g/mol. The molecule has 0 amide bonds. The van der Waals surface area contributed by atoms with E-state index < -0.39 is 12.0 Å². The van der Waals surface area contributed by atoms with Gasteiger partial charge in [-0.3, -0.25) is 10.1 Å². The van der Waals surface area contributed by atoms with E-state index in [-0.39, 0.29) is 0 Å². The van der Waals surface area contributed by atoms with Crippen LogP contribution in [0, 0.1) is 0 Å². The van der Waals surface area contributed by atoms with Gasteiger partial charge in [0.1, 0.15) is 11.6 Å². The van der Waals surface area contributed by atoms with Gasteiger partial charge in [-0.2, -0.15) is 0 Å². The number of nitrogens with one attached hydrogen (secondary N) is 1. The van der Waals surface area contributed by atoms with Gasteiger partial charge in [-0.05, 0) is 19.1 Å². The molecule has 2 N–H and O–H groups in total. The molecular weight excluding hydrogens is 208 g/mol. The van der Waals surface area contributed by atoms with Crippen LogP contribution in [0.5, 0.6) is 0 Å². The van der Waals surface area contributed by atoms with Gasteiger partial charge in [0.05, 0.1) is 6.54 Å². The Morgan fingerprint density at radius 1 is 1.56 bits per heavy atom. The van der Waals surface area contributed by atoms with Crippen molar-refractivity contribution in [3.63, 3.8) is 0 Å². The summed E-state index contributed by atoms with van der Waals surface area (Å²) in [7, 11) is 0. The SMILES string of the molecule is CC(NCc1nc2ccccc2o1)C(=O)O. The predicted octanol–water partition coefficient (Wildman–Crippen LogP) is 1.39. The van der Waals surface area contributed by atoms with E-state index in [1.807, 2.05) is 24.3 Å². The van der Waals surface area contributed by atoms with E-state index in [4.69, 9.17) is 9.52 Å². The van der Waals surface area contributed by atoms with Gasteiger partial charge < -0.3 is 9.52 Å². The molecule has 1 heterocycles. The quantitative estimate of drug-likeness (QED) is 0.814. The van der Waals surface area contributed by atoms with Crippen molar-refractivity contribution in [2.45, 2.75) is 19.5 Å². The number of aromatic nitrogens is 1. The van der Waals surface area contributed by atoms with Gasteiger partial charge in [0.25, 0.3) is 0 Å². The second-order valence-electron chi connectivity index (χ2n) is 3.52. The van der Waals surface area contributed by atoms with Crippen LogP contribution in [0.4, 0.5) is 0 Å². The molecule has 0 aliphatic carbocycles. The number of hydrogen-bond acceptors (Lipinski definition) is 4.